The van der Waals surface area contributed by atoms with E-state index in [1.165, 1.54) is 13.8 Å². The molecule has 0 spiro atoms. The summed E-state index contributed by atoms with van der Waals surface area (Å²) in [6.45, 7) is 2.39. The summed E-state index contributed by atoms with van der Waals surface area (Å²) in [5.74, 6) is 0. The van der Waals surface area contributed by atoms with Crippen LogP contribution in [0.1, 0.15) is 13.8 Å². The Morgan fingerprint density at radius 1 is 1.25 bits per heavy atom. The van der Waals surface area contributed by atoms with Gasteiger partial charge in [-0.15, -0.1) is 5.06 Å². The Morgan fingerprint density at radius 2 is 1.58 bits per heavy atom. The minimum atomic E-state index is -4.72. The van der Waals surface area contributed by atoms with Crippen molar-refractivity contribution < 1.29 is 29.2 Å². The number of phosphoric acid groups is 1. The van der Waals surface area contributed by atoms with Gasteiger partial charge in [-0.2, -0.15) is 4.62 Å². The van der Waals surface area contributed by atoms with Crippen LogP contribution in [0.3, 0.4) is 0 Å². The highest BCUT2D eigenvalue weighted by molar-refractivity contribution is 7.46. The predicted molar refractivity (Wildman–Crippen MR) is 38.3 cm³/mol. The number of nitrogens with zero attached hydrogens (tertiary/aromatic N) is 1. The monoisotopic (exact) mass is 201 g/mol. The Kier molecular flexibility index (Phi) is 4.29. The van der Waals surface area contributed by atoms with Crippen LogP contribution in [0.2, 0.25) is 0 Å². The van der Waals surface area contributed by atoms with E-state index in [1.54, 1.807) is 0 Å². The lowest BCUT2D eigenvalue weighted by molar-refractivity contribution is -0.245. The van der Waals surface area contributed by atoms with Gasteiger partial charge < -0.3 is 20.0 Å². The van der Waals surface area contributed by atoms with E-state index in [4.69, 9.17) is 20.0 Å². The first-order valence-corrected chi connectivity index (χ1v) is 4.67. The molecule has 0 aromatic carbocycles. The molecule has 8 heteroatoms. The summed E-state index contributed by atoms with van der Waals surface area (Å²) in [5.41, 5.74) is 0. The summed E-state index contributed by atoms with van der Waals surface area (Å²) >= 11 is 0. The van der Waals surface area contributed by atoms with Crippen LogP contribution >= 0.6 is 7.82 Å². The normalized spacial score (nSPS) is 17.9. The molecular formula is C4H12NO6P. The topological polar surface area (TPSA) is 110 Å². The molecule has 74 valence electrons. The van der Waals surface area contributed by atoms with Crippen LogP contribution in [-0.4, -0.2) is 37.5 Å². The molecule has 0 aromatic heterocycles. The van der Waals surface area contributed by atoms with Crippen LogP contribution in [-0.2, 0) is 9.19 Å². The molecule has 0 radical (unpaired) electrons. The van der Waals surface area contributed by atoms with Crippen molar-refractivity contribution >= 4 is 7.82 Å². The number of hydroxylamine groups is 2. The van der Waals surface area contributed by atoms with Crippen molar-refractivity contribution in [2.45, 2.75) is 26.3 Å². The molecule has 7 nitrogen and oxygen atoms in total. The number of rotatable bonds is 4. The van der Waals surface area contributed by atoms with Gasteiger partial charge in [-0.3, -0.25) is 0 Å². The smallest absolute Gasteiger partial charge is 0.376 e. The van der Waals surface area contributed by atoms with Gasteiger partial charge in [-0.1, -0.05) is 0 Å². The fourth-order valence-electron chi connectivity index (χ4n) is 0.571. The minimum Gasteiger partial charge on any atom is -0.376 e. The first-order valence-electron chi connectivity index (χ1n) is 3.14. The van der Waals surface area contributed by atoms with Crippen LogP contribution in [0.5, 0.6) is 0 Å². The van der Waals surface area contributed by atoms with Crippen molar-refractivity contribution in [3.05, 3.63) is 0 Å². The van der Waals surface area contributed by atoms with Crippen LogP contribution < -0.4 is 0 Å². The Bertz CT molecular complexity index is 168. The summed E-state index contributed by atoms with van der Waals surface area (Å²) in [4.78, 5) is 16.6. The zero-order chi connectivity index (χ0) is 9.94. The van der Waals surface area contributed by atoms with Crippen molar-refractivity contribution in [2.75, 3.05) is 0 Å². The average molecular weight is 201 g/mol. The van der Waals surface area contributed by atoms with E-state index < -0.39 is 20.3 Å². The third-order valence-corrected chi connectivity index (χ3v) is 1.34. The van der Waals surface area contributed by atoms with E-state index in [0.29, 0.717) is 5.06 Å². The largest absolute Gasteiger partial charge is 0.486 e. The first-order chi connectivity index (χ1) is 5.24. The number of hydrogen-bond acceptors (Lipinski definition) is 5. The minimum absolute atomic E-state index is 0.390. The SMILES string of the molecule is CC(O)N(OP(=O)(O)O)C(C)O. The highest BCUT2D eigenvalue weighted by Crippen LogP contribution is 2.38. The van der Waals surface area contributed by atoms with E-state index in [0.717, 1.165) is 0 Å². The zero-order valence-corrected chi connectivity index (χ0v) is 7.55. The molecule has 0 rings (SSSR count). The van der Waals surface area contributed by atoms with Gasteiger partial charge in [0.1, 0.15) is 12.5 Å². The van der Waals surface area contributed by atoms with E-state index in [2.05, 4.69) is 4.62 Å². The molecule has 12 heavy (non-hydrogen) atoms. The molecule has 0 aliphatic carbocycles. The maximum absolute atomic E-state index is 10.3. The van der Waals surface area contributed by atoms with Crippen LogP contribution in [0.4, 0.5) is 0 Å². The molecule has 2 unspecified atom stereocenters. The standard InChI is InChI=1S/C4H12NO6P/c1-3(6)5(4(2)7)11-12(8,9)10/h3-4,6-7H,1-2H3,(H2,8,9,10). The molecule has 0 heterocycles. The van der Waals surface area contributed by atoms with Gasteiger partial charge in [-0.25, -0.2) is 4.57 Å². The number of aliphatic hydroxyl groups excluding tert-OH is 2. The van der Waals surface area contributed by atoms with Crippen molar-refractivity contribution in [2.24, 2.45) is 0 Å². The second-order valence-corrected chi connectivity index (χ2v) is 3.34. The van der Waals surface area contributed by atoms with E-state index in [-0.39, 0.29) is 0 Å². The predicted octanol–water partition coefficient (Wildman–Crippen LogP) is -1.01. The van der Waals surface area contributed by atoms with E-state index in [9.17, 15) is 4.57 Å². The van der Waals surface area contributed by atoms with Crippen LogP contribution in [0.25, 0.3) is 0 Å². The maximum atomic E-state index is 10.3. The van der Waals surface area contributed by atoms with E-state index in [1.807, 2.05) is 0 Å². The molecule has 0 bridgehead atoms. The van der Waals surface area contributed by atoms with Crippen molar-refractivity contribution in [3.63, 3.8) is 0 Å². The van der Waals surface area contributed by atoms with Gasteiger partial charge in [0.25, 0.3) is 0 Å². The molecule has 0 aromatic rings. The number of aliphatic hydroxyl groups is 2. The van der Waals surface area contributed by atoms with Gasteiger partial charge in [-0.05, 0) is 13.8 Å². The molecule has 0 saturated carbocycles. The highest BCUT2D eigenvalue weighted by Gasteiger charge is 2.26. The van der Waals surface area contributed by atoms with E-state index >= 15 is 0 Å². The molecule has 0 aliphatic heterocycles. The average Bonchev–Trinajstić information content (AvgIpc) is 1.79. The Hall–Kier alpha value is -0.0100. The Morgan fingerprint density at radius 3 is 1.67 bits per heavy atom. The molecule has 0 aliphatic rings. The molecule has 0 amide bonds. The molecule has 0 saturated heterocycles. The molecule has 4 N–H and O–H groups in total. The fraction of sp³-hybridized carbons (Fsp3) is 1.00. The lowest BCUT2D eigenvalue weighted by Crippen LogP contribution is -2.39. The fourth-order valence-corrected chi connectivity index (χ4v) is 1.09. The van der Waals surface area contributed by atoms with Crippen molar-refractivity contribution in [1.82, 2.24) is 5.06 Å². The third kappa shape index (κ3) is 4.78. The quantitative estimate of drug-likeness (QED) is 0.262. The van der Waals surface area contributed by atoms with Gasteiger partial charge in [0.2, 0.25) is 0 Å². The van der Waals surface area contributed by atoms with Crippen molar-refractivity contribution in [3.8, 4) is 0 Å². The second kappa shape index (κ2) is 4.29. The second-order valence-electron chi connectivity index (χ2n) is 2.20. The highest BCUT2D eigenvalue weighted by atomic mass is 31.2. The lowest BCUT2D eigenvalue weighted by Gasteiger charge is -2.26. The van der Waals surface area contributed by atoms with Gasteiger partial charge in [0, 0.05) is 0 Å². The number of hydrogen-bond donors (Lipinski definition) is 4. The summed E-state index contributed by atoms with van der Waals surface area (Å²) in [7, 11) is -4.72. The summed E-state index contributed by atoms with van der Waals surface area (Å²) in [5, 5.41) is 18.1. The summed E-state index contributed by atoms with van der Waals surface area (Å²) in [6, 6.07) is 0. The zero-order valence-electron chi connectivity index (χ0n) is 6.65. The van der Waals surface area contributed by atoms with Gasteiger partial charge >= 0.3 is 7.82 Å². The maximum Gasteiger partial charge on any atom is 0.486 e. The summed E-state index contributed by atoms with van der Waals surface area (Å²) in [6.07, 6.45) is -2.62. The Balaban J connectivity index is 4.25. The van der Waals surface area contributed by atoms with Gasteiger partial charge in [0.05, 0.1) is 0 Å². The van der Waals surface area contributed by atoms with Crippen LogP contribution in [0, 0.1) is 0 Å². The molecule has 0 fully saturated rings. The molecule has 2 atom stereocenters. The summed E-state index contributed by atoms with van der Waals surface area (Å²) < 4.78 is 14.2. The lowest BCUT2D eigenvalue weighted by atomic mass is 10.5. The third-order valence-electron chi connectivity index (χ3n) is 0.937. The van der Waals surface area contributed by atoms with Gasteiger partial charge in [0.15, 0.2) is 0 Å². The Labute approximate surface area is 69.4 Å². The molecular weight excluding hydrogens is 189 g/mol. The van der Waals surface area contributed by atoms with Crippen LogP contribution in [0.15, 0.2) is 0 Å². The first kappa shape index (κ1) is 12.0. The van der Waals surface area contributed by atoms with Crippen molar-refractivity contribution in [1.29, 1.82) is 0 Å².